The summed E-state index contributed by atoms with van der Waals surface area (Å²) in [7, 11) is 0. The Morgan fingerprint density at radius 2 is 0.463 bits per heavy atom. The molecule has 6 rings (SSSR count). The second-order valence-corrected chi connectivity index (χ2v) is 8.36. The molecule has 0 spiro atoms. The number of thiophene rings is 2. The fourth-order valence-electron chi connectivity index (χ4n) is 3.35. The van der Waals surface area contributed by atoms with Gasteiger partial charge < -0.3 is 0 Å². The van der Waals surface area contributed by atoms with E-state index in [0.717, 1.165) is 0 Å². The van der Waals surface area contributed by atoms with Gasteiger partial charge in [0.25, 0.3) is 0 Å². The summed E-state index contributed by atoms with van der Waals surface area (Å²) in [5, 5.41) is 5.51. The molecule has 0 aliphatic carbocycles. The topological polar surface area (TPSA) is 0 Å². The van der Waals surface area contributed by atoms with Gasteiger partial charge in [-0.15, -0.1) is 22.7 Å². The molecule has 0 saturated heterocycles. The Balaban J connectivity index is -0.0000000798. The van der Waals surface area contributed by atoms with E-state index in [1.807, 2.05) is 78.1 Å². The normalized spacial score (nSPS) is 7.61. The van der Waals surface area contributed by atoms with Crippen molar-refractivity contribution in [2.24, 2.45) is 0 Å². The zero-order chi connectivity index (χ0) is 25.3. The molecule has 2 radical (unpaired) electrons. The molecule has 5 heteroatoms. The Labute approximate surface area is 316 Å². The van der Waals surface area contributed by atoms with Gasteiger partial charge >= 0.3 is 0 Å². The second-order valence-electron chi connectivity index (χ2n) is 6.19. The monoisotopic (exact) mass is 764 g/mol. The van der Waals surface area contributed by atoms with Crippen LogP contribution in [0.5, 0.6) is 0 Å². The zero-order valence-electron chi connectivity index (χ0n) is 23.9. The van der Waals surface area contributed by atoms with Crippen molar-refractivity contribution in [2.45, 2.75) is 85.1 Å². The average molecular weight is 765 g/mol. The number of hydrogen-bond acceptors (Lipinski definition) is 2. The van der Waals surface area contributed by atoms with Crippen LogP contribution in [0.4, 0.5) is 0 Å². The molecular formula is C36H59PS2Y2. The third kappa shape index (κ3) is 16.0. The quantitative estimate of drug-likeness (QED) is 0.135. The van der Waals surface area contributed by atoms with Gasteiger partial charge in [0.05, 0.1) is 0 Å². The van der Waals surface area contributed by atoms with Crippen molar-refractivity contribution in [3.63, 3.8) is 0 Å². The standard InChI is InChI=1S/2C12H8S.4C2H6.4CH4.H3P.2Y/c2*1-3-7-11-9(5-1)10-6-2-4-8-12(10)13-11;4*1-2;;;;;;;/h2*1-8H;4*1-2H3;4*1H4;1H3;;. The Morgan fingerprint density at radius 1 is 0.317 bits per heavy atom. The summed E-state index contributed by atoms with van der Waals surface area (Å²) in [5.41, 5.74) is 0. The first-order valence-corrected chi connectivity index (χ1v) is 14.3. The van der Waals surface area contributed by atoms with Crippen LogP contribution in [0.1, 0.15) is 85.1 Å². The first kappa shape index (κ1) is 56.7. The van der Waals surface area contributed by atoms with Crippen LogP contribution < -0.4 is 0 Å². The van der Waals surface area contributed by atoms with Crippen LogP contribution in [0.2, 0.25) is 0 Å². The van der Waals surface area contributed by atoms with E-state index in [9.17, 15) is 0 Å². The minimum Gasteiger partial charge on any atom is -0.153 e. The number of rotatable bonds is 0. The second kappa shape index (κ2) is 34.4. The predicted octanol–water partition coefficient (Wildman–Crippen LogP) is 14.8. The van der Waals surface area contributed by atoms with Gasteiger partial charge in [0.1, 0.15) is 0 Å². The van der Waals surface area contributed by atoms with Gasteiger partial charge in [-0.1, -0.05) is 158 Å². The SMILES string of the molecule is C.C.C.C.CC.CC.CC.CC.P.[Y].[Y].c1ccc2c(c1)sc1ccccc12.c1ccc2c(c1)sc1ccccc12. The Hall–Kier alpha value is -0.0422. The molecule has 6 aromatic rings. The van der Waals surface area contributed by atoms with Crippen LogP contribution in [0, 0.1) is 0 Å². The van der Waals surface area contributed by atoms with E-state index in [1.165, 1.54) is 40.3 Å². The van der Waals surface area contributed by atoms with E-state index >= 15 is 0 Å². The Kier molecular flexibility index (Phi) is 47.6. The molecule has 0 nitrogen and oxygen atoms in total. The van der Waals surface area contributed by atoms with Crippen LogP contribution in [0.15, 0.2) is 97.1 Å². The zero-order valence-corrected chi connectivity index (χ0v) is 32.6. The molecule has 41 heavy (non-hydrogen) atoms. The first-order chi connectivity index (χ1) is 16.9. The maximum absolute atomic E-state index is 2.19. The molecular weight excluding hydrogens is 705 g/mol. The first-order valence-electron chi connectivity index (χ1n) is 12.6. The minimum absolute atomic E-state index is 0. The van der Waals surface area contributed by atoms with E-state index in [1.54, 1.807) is 0 Å². The van der Waals surface area contributed by atoms with Crippen molar-refractivity contribution in [3.8, 4) is 0 Å². The summed E-state index contributed by atoms with van der Waals surface area (Å²) in [6.45, 7) is 16.0. The number of hydrogen-bond donors (Lipinski definition) is 0. The van der Waals surface area contributed by atoms with Gasteiger partial charge in [-0.05, 0) is 24.3 Å². The van der Waals surface area contributed by atoms with Crippen LogP contribution in [-0.4, -0.2) is 0 Å². The Bertz CT molecular complexity index is 1150. The summed E-state index contributed by atoms with van der Waals surface area (Å²) < 4.78 is 5.51. The smallest absolute Gasteiger partial charge is 0.0355 e. The maximum atomic E-state index is 2.19. The van der Waals surface area contributed by atoms with Crippen molar-refractivity contribution < 1.29 is 65.4 Å². The fraction of sp³-hybridized carbons (Fsp3) is 0.333. The molecule has 0 bridgehead atoms. The molecule has 4 aromatic carbocycles. The molecule has 0 aliphatic heterocycles. The van der Waals surface area contributed by atoms with Crippen LogP contribution in [0.3, 0.4) is 0 Å². The maximum Gasteiger partial charge on any atom is 0.0355 e. The van der Waals surface area contributed by atoms with Crippen LogP contribution in [-0.2, 0) is 65.4 Å². The van der Waals surface area contributed by atoms with E-state index in [-0.39, 0.29) is 105 Å². The molecule has 1 unspecified atom stereocenters. The molecule has 226 valence electrons. The minimum atomic E-state index is 0. The summed E-state index contributed by atoms with van der Waals surface area (Å²) in [6.07, 6.45) is 0. The van der Waals surface area contributed by atoms with Crippen molar-refractivity contribution >= 4 is 72.9 Å². The van der Waals surface area contributed by atoms with Gasteiger partial charge in [0.15, 0.2) is 0 Å². The molecule has 0 aliphatic rings. The van der Waals surface area contributed by atoms with Gasteiger partial charge in [0.2, 0.25) is 0 Å². The van der Waals surface area contributed by atoms with Crippen LogP contribution >= 0.6 is 32.6 Å². The van der Waals surface area contributed by atoms with Crippen molar-refractivity contribution in [3.05, 3.63) is 97.1 Å². The molecule has 0 amide bonds. The molecule has 0 fully saturated rings. The largest absolute Gasteiger partial charge is 0.153 e. The summed E-state index contributed by atoms with van der Waals surface area (Å²) in [6, 6.07) is 34.3. The van der Waals surface area contributed by atoms with Crippen molar-refractivity contribution in [1.29, 1.82) is 0 Å². The van der Waals surface area contributed by atoms with Gasteiger partial charge in [-0.2, -0.15) is 9.90 Å². The summed E-state index contributed by atoms with van der Waals surface area (Å²) in [5.74, 6) is 0. The van der Waals surface area contributed by atoms with E-state index < -0.39 is 0 Å². The number of fused-ring (bicyclic) bond motifs is 6. The third-order valence-corrected chi connectivity index (χ3v) is 6.87. The molecule has 1 atom stereocenters. The van der Waals surface area contributed by atoms with Crippen molar-refractivity contribution in [1.82, 2.24) is 0 Å². The van der Waals surface area contributed by atoms with E-state index in [4.69, 9.17) is 0 Å². The molecule has 2 aromatic heterocycles. The molecule has 2 heterocycles. The number of benzene rings is 4. The fourth-order valence-corrected chi connectivity index (χ4v) is 5.56. The Morgan fingerprint density at radius 3 is 0.634 bits per heavy atom. The summed E-state index contributed by atoms with van der Waals surface area (Å²) >= 11 is 3.72. The molecule has 0 saturated carbocycles. The van der Waals surface area contributed by atoms with E-state index in [0.29, 0.717) is 0 Å². The van der Waals surface area contributed by atoms with Crippen molar-refractivity contribution in [2.75, 3.05) is 0 Å². The summed E-state index contributed by atoms with van der Waals surface area (Å²) in [4.78, 5) is 0. The third-order valence-electron chi connectivity index (χ3n) is 4.57. The average Bonchev–Trinajstić information content (AvgIpc) is 3.52. The van der Waals surface area contributed by atoms with Gasteiger partial charge in [-0.3, -0.25) is 0 Å². The van der Waals surface area contributed by atoms with Gasteiger partial charge in [-0.25, -0.2) is 0 Å². The van der Waals surface area contributed by atoms with Crippen LogP contribution in [0.25, 0.3) is 40.3 Å². The van der Waals surface area contributed by atoms with E-state index in [2.05, 4.69) is 97.1 Å². The predicted molar refractivity (Wildman–Crippen MR) is 202 cm³/mol. The van der Waals surface area contributed by atoms with Gasteiger partial charge in [0, 0.05) is 106 Å². The molecule has 0 N–H and O–H groups in total.